The van der Waals surface area contributed by atoms with E-state index in [9.17, 15) is 9.59 Å². The topological polar surface area (TPSA) is 58.6 Å². The number of methoxy groups -OCH3 is 1. The summed E-state index contributed by atoms with van der Waals surface area (Å²) >= 11 is 0. The number of nitrogens with one attached hydrogen (secondary N) is 1. The molecule has 0 spiro atoms. The molecule has 22 heavy (non-hydrogen) atoms. The number of carbonyl (C=O) groups excluding carboxylic acids is 2. The van der Waals surface area contributed by atoms with Gasteiger partial charge in [0.25, 0.3) is 0 Å². The highest BCUT2D eigenvalue weighted by Gasteiger charge is 2.24. The van der Waals surface area contributed by atoms with Crippen molar-refractivity contribution in [3.63, 3.8) is 0 Å². The van der Waals surface area contributed by atoms with E-state index in [2.05, 4.69) is 5.32 Å². The van der Waals surface area contributed by atoms with E-state index < -0.39 is 12.0 Å². The number of nitrogens with zero attached hydrogens (tertiary/aromatic N) is 1. The fourth-order valence-corrected chi connectivity index (χ4v) is 2.28. The van der Waals surface area contributed by atoms with Gasteiger partial charge in [-0.2, -0.15) is 0 Å². The van der Waals surface area contributed by atoms with Crippen molar-refractivity contribution >= 4 is 12.0 Å². The minimum absolute atomic E-state index is 0.213. The van der Waals surface area contributed by atoms with Crippen molar-refractivity contribution in [1.82, 2.24) is 10.2 Å². The standard InChI is InChI=1S/C17H26N2O3/c1-4-11-19(12-5-2)17(21)18-15(16(20)22-3)13-14-9-7-6-8-10-14/h6-10,15H,4-5,11-13H2,1-3H3,(H,18,21). The molecule has 2 amide bonds. The van der Waals surface area contributed by atoms with Crippen molar-refractivity contribution < 1.29 is 14.3 Å². The maximum atomic E-state index is 12.4. The van der Waals surface area contributed by atoms with Crippen molar-refractivity contribution in [2.24, 2.45) is 0 Å². The van der Waals surface area contributed by atoms with Gasteiger partial charge in [-0.1, -0.05) is 44.2 Å². The molecule has 1 aromatic rings. The van der Waals surface area contributed by atoms with Gasteiger partial charge in [-0.3, -0.25) is 0 Å². The highest BCUT2D eigenvalue weighted by Crippen LogP contribution is 2.06. The summed E-state index contributed by atoms with van der Waals surface area (Å²) in [5.74, 6) is -0.426. The van der Waals surface area contributed by atoms with Gasteiger partial charge < -0.3 is 15.0 Å². The maximum absolute atomic E-state index is 12.4. The zero-order valence-corrected chi connectivity index (χ0v) is 13.7. The summed E-state index contributed by atoms with van der Waals surface area (Å²) in [5, 5.41) is 2.80. The Morgan fingerprint density at radius 2 is 1.73 bits per heavy atom. The number of hydrogen-bond donors (Lipinski definition) is 1. The summed E-state index contributed by atoms with van der Waals surface area (Å²) in [6.45, 7) is 5.41. The predicted molar refractivity (Wildman–Crippen MR) is 86.6 cm³/mol. The fourth-order valence-electron chi connectivity index (χ4n) is 2.28. The Balaban J connectivity index is 2.75. The number of hydrogen-bond acceptors (Lipinski definition) is 3. The molecule has 1 rings (SSSR count). The van der Waals surface area contributed by atoms with E-state index in [0.717, 1.165) is 18.4 Å². The second-order valence-electron chi connectivity index (χ2n) is 5.20. The molecular formula is C17H26N2O3. The summed E-state index contributed by atoms with van der Waals surface area (Å²) in [6, 6.07) is 8.71. The van der Waals surface area contributed by atoms with E-state index in [-0.39, 0.29) is 6.03 Å². The molecule has 5 heteroatoms. The van der Waals surface area contributed by atoms with Crippen LogP contribution >= 0.6 is 0 Å². The molecule has 0 aromatic heterocycles. The van der Waals surface area contributed by atoms with E-state index >= 15 is 0 Å². The predicted octanol–water partition coefficient (Wildman–Crippen LogP) is 2.60. The van der Waals surface area contributed by atoms with Crippen LogP contribution in [0.2, 0.25) is 0 Å². The summed E-state index contributed by atoms with van der Waals surface area (Å²) < 4.78 is 4.81. The second-order valence-corrected chi connectivity index (χ2v) is 5.20. The third kappa shape index (κ3) is 5.76. The number of urea groups is 1. The van der Waals surface area contributed by atoms with E-state index in [4.69, 9.17) is 4.74 Å². The first-order valence-corrected chi connectivity index (χ1v) is 7.79. The lowest BCUT2D eigenvalue weighted by atomic mass is 10.1. The molecule has 5 nitrogen and oxygen atoms in total. The largest absolute Gasteiger partial charge is 0.467 e. The van der Waals surface area contributed by atoms with Gasteiger partial charge in [0, 0.05) is 19.5 Å². The van der Waals surface area contributed by atoms with Crippen molar-refractivity contribution in [2.45, 2.75) is 39.2 Å². The van der Waals surface area contributed by atoms with E-state index in [1.807, 2.05) is 44.2 Å². The number of amides is 2. The molecule has 0 aliphatic carbocycles. The monoisotopic (exact) mass is 306 g/mol. The zero-order valence-electron chi connectivity index (χ0n) is 13.7. The van der Waals surface area contributed by atoms with Gasteiger partial charge in [-0.25, -0.2) is 9.59 Å². The quantitative estimate of drug-likeness (QED) is 0.751. The number of ether oxygens (including phenoxy) is 1. The molecular weight excluding hydrogens is 280 g/mol. The minimum Gasteiger partial charge on any atom is -0.467 e. The molecule has 0 fully saturated rings. The Morgan fingerprint density at radius 1 is 1.14 bits per heavy atom. The zero-order chi connectivity index (χ0) is 16.4. The van der Waals surface area contributed by atoms with Crippen LogP contribution in [-0.4, -0.2) is 43.1 Å². The maximum Gasteiger partial charge on any atom is 0.328 e. The van der Waals surface area contributed by atoms with Crippen LogP contribution in [0.25, 0.3) is 0 Å². The molecule has 1 unspecified atom stereocenters. The van der Waals surface area contributed by atoms with E-state index in [1.165, 1.54) is 7.11 Å². The Labute approximate surface area is 132 Å². The smallest absolute Gasteiger partial charge is 0.328 e. The third-order valence-electron chi connectivity index (χ3n) is 3.34. The van der Waals surface area contributed by atoms with E-state index in [1.54, 1.807) is 4.90 Å². The van der Waals surface area contributed by atoms with E-state index in [0.29, 0.717) is 19.5 Å². The molecule has 0 bridgehead atoms. The van der Waals surface area contributed by atoms with Crippen molar-refractivity contribution in [3.05, 3.63) is 35.9 Å². The molecule has 1 N–H and O–H groups in total. The Kier molecular flexibility index (Phi) is 8.04. The lowest BCUT2D eigenvalue weighted by Crippen LogP contribution is -2.49. The first-order chi connectivity index (χ1) is 10.6. The summed E-state index contributed by atoms with van der Waals surface area (Å²) in [6.07, 6.45) is 2.19. The van der Waals surface area contributed by atoms with Crippen LogP contribution in [0.5, 0.6) is 0 Å². The fraction of sp³-hybridized carbons (Fsp3) is 0.529. The molecule has 122 valence electrons. The number of benzene rings is 1. The van der Waals surface area contributed by atoms with Gasteiger partial charge in [0.15, 0.2) is 0 Å². The second kappa shape index (κ2) is 9.82. The lowest BCUT2D eigenvalue weighted by molar-refractivity contribution is -0.142. The molecule has 0 heterocycles. The van der Waals surface area contributed by atoms with Gasteiger partial charge in [0.2, 0.25) is 0 Å². The van der Waals surface area contributed by atoms with Crippen LogP contribution in [-0.2, 0) is 16.0 Å². The molecule has 0 saturated heterocycles. The van der Waals surface area contributed by atoms with Crippen molar-refractivity contribution in [2.75, 3.05) is 20.2 Å². The van der Waals surface area contributed by atoms with Gasteiger partial charge in [0.1, 0.15) is 6.04 Å². The first kappa shape index (κ1) is 18.0. The van der Waals surface area contributed by atoms with Crippen LogP contribution in [0.3, 0.4) is 0 Å². The number of rotatable bonds is 8. The van der Waals surface area contributed by atoms with Gasteiger partial charge in [-0.15, -0.1) is 0 Å². The molecule has 1 atom stereocenters. The van der Waals surface area contributed by atoms with Crippen molar-refractivity contribution in [3.8, 4) is 0 Å². The van der Waals surface area contributed by atoms with Crippen LogP contribution in [0.1, 0.15) is 32.3 Å². The average Bonchev–Trinajstić information content (AvgIpc) is 2.54. The van der Waals surface area contributed by atoms with Crippen LogP contribution in [0.15, 0.2) is 30.3 Å². The first-order valence-electron chi connectivity index (χ1n) is 7.79. The summed E-state index contributed by atoms with van der Waals surface area (Å²) in [5.41, 5.74) is 0.982. The highest BCUT2D eigenvalue weighted by molar-refractivity contribution is 5.83. The summed E-state index contributed by atoms with van der Waals surface area (Å²) in [7, 11) is 1.34. The normalized spacial score (nSPS) is 11.6. The molecule has 0 aliphatic heterocycles. The summed E-state index contributed by atoms with van der Waals surface area (Å²) in [4.78, 5) is 26.0. The van der Waals surface area contributed by atoms with Crippen molar-refractivity contribution in [1.29, 1.82) is 0 Å². The Hall–Kier alpha value is -2.04. The number of esters is 1. The van der Waals surface area contributed by atoms with Gasteiger partial charge in [-0.05, 0) is 18.4 Å². The molecule has 0 saturated carbocycles. The Morgan fingerprint density at radius 3 is 2.23 bits per heavy atom. The molecule has 1 aromatic carbocycles. The average molecular weight is 306 g/mol. The van der Waals surface area contributed by atoms with Crippen LogP contribution in [0.4, 0.5) is 4.79 Å². The molecule has 0 radical (unpaired) electrons. The Bertz CT molecular complexity index is 456. The van der Waals surface area contributed by atoms with Gasteiger partial charge in [0.05, 0.1) is 7.11 Å². The lowest BCUT2D eigenvalue weighted by Gasteiger charge is -2.25. The third-order valence-corrected chi connectivity index (χ3v) is 3.34. The van der Waals surface area contributed by atoms with Crippen LogP contribution < -0.4 is 5.32 Å². The van der Waals surface area contributed by atoms with Crippen LogP contribution in [0, 0.1) is 0 Å². The highest BCUT2D eigenvalue weighted by atomic mass is 16.5. The SMILES string of the molecule is CCCN(CCC)C(=O)NC(Cc1ccccc1)C(=O)OC. The minimum atomic E-state index is -0.670. The van der Waals surface area contributed by atoms with Gasteiger partial charge >= 0.3 is 12.0 Å². The number of carbonyl (C=O) groups is 2. The molecule has 0 aliphatic rings.